The van der Waals surface area contributed by atoms with Gasteiger partial charge in [-0.2, -0.15) is 0 Å². The van der Waals surface area contributed by atoms with E-state index >= 15 is 0 Å². The Morgan fingerprint density at radius 2 is 2.58 bits per heavy atom. The molecule has 66 valence electrons. The largest absolute Gasteiger partial charge is 0.465 e. The normalized spacial score (nSPS) is 21.2. The van der Waals surface area contributed by atoms with Gasteiger partial charge in [-0.3, -0.25) is 0 Å². The van der Waals surface area contributed by atoms with Crippen LogP contribution in [0.15, 0.2) is 23.9 Å². The van der Waals surface area contributed by atoms with Gasteiger partial charge in [0, 0.05) is 6.54 Å². The molecule has 4 heteroatoms. The van der Waals surface area contributed by atoms with Gasteiger partial charge in [0.2, 0.25) is 0 Å². The molecular weight excluding hydrogens is 156 g/mol. The number of nitrogens with two attached hydrogens (primary N) is 1. The van der Waals surface area contributed by atoms with Gasteiger partial charge in [0.05, 0.1) is 18.7 Å². The molecule has 1 rings (SSSR count). The van der Waals surface area contributed by atoms with Crippen molar-refractivity contribution in [2.24, 2.45) is 5.73 Å². The van der Waals surface area contributed by atoms with E-state index in [0.29, 0.717) is 12.1 Å². The zero-order chi connectivity index (χ0) is 8.97. The molecule has 12 heavy (non-hydrogen) atoms. The Morgan fingerprint density at radius 1 is 1.83 bits per heavy atom. The first-order valence-corrected chi connectivity index (χ1v) is 3.70. The Morgan fingerprint density at radius 3 is 3.17 bits per heavy atom. The molecule has 0 spiro atoms. The number of carbonyl (C=O) groups excluding carboxylic acids is 1. The number of nitrogens with one attached hydrogen (secondary N) is 1. The Labute approximate surface area is 71.1 Å². The molecular formula is C8H12N2O2. The topological polar surface area (TPSA) is 64.3 Å². The maximum atomic E-state index is 11.0. The van der Waals surface area contributed by atoms with E-state index < -0.39 is 0 Å². The molecule has 0 radical (unpaired) electrons. The van der Waals surface area contributed by atoms with Crippen LogP contribution in [0.5, 0.6) is 0 Å². The predicted molar refractivity (Wildman–Crippen MR) is 45.2 cm³/mol. The highest BCUT2D eigenvalue weighted by Crippen LogP contribution is 2.05. The number of ether oxygens (including phenoxy) is 1. The molecule has 3 N–H and O–H groups in total. The number of methoxy groups -OCH3 is 1. The number of hydrogen-bond acceptors (Lipinski definition) is 4. The summed E-state index contributed by atoms with van der Waals surface area (Å²) in [5.74, 6) is -0.328. The predicted octanol–water partition coefficient (Wildman–Crippen LogP) is -0.470. The van der Waals surface area contributed by atoms with Crippen LogP contribution in [0.3, 0.4) is 0 Å². The van der Waals surface area contributed by atoms with Crippen molar-refractivity contribution in [3.8, 4) is 0 Å². The molecule has 0 saturated heterocycles. The van der Waals surface area contributed by atoms with E-state index in [1.165, 1.54) is 7.11 Å². The van der Waals surface area contributed by atoms with E-state index in [2.05, 4.69) is 10.1 Å². The van der Waals surface area contributed by atoms with Gasteiger partial charge in [-0.25, -0.2) is 4.79 Å². The van der Waals surface area contributed by atoms with Crippen LogP contribution in [-0.4, -0.2) is 25.7 Å². The highest BCUT2D eigenvalue weighted by molar-refractivity contribution is 5.91. The first-order valence-electron chi connectivity index (χ1n) is 3.70. The zero-order valence-corrected chi connectivity index (χ0v) is 6.91. The molecule has 0 fully saturated rings. The lowest BCUT2D eigenvalue weighted by Gasteiger charge is -2.15. The summed E-state index contributed by atoms with van der Waals surface area (Å²) in [6.45, 7) is 0.463. The molecule has 0 aromatic rings. The van der Waals surface area contributed by atoms with Crippen LogP contribution in [0.25, 0.3) is 0 Å². The van der Waals surface area contributed by atoms with E-state index in [0.717, 1.165) is 0 Å². The lowest BCUT2D eigenvalue weighted by Crippen LogP contribution is -2.33. The fourth-order valence-electron chi connectivity index (χ4n) is 0.972. The Kier molecular flexibility index (Phi) is 2.88. The minimum Gasteiger partial charge on any atom is -0.465 e. The molecule has 1 aliphatic heterocycles. The molecule has 4 nitrogen and oxygen atoms in total. The second-order valence-electron chi connectivity index (χ2n) is 2.46. The quantitative estimate of drug-likeness (QED) is 0.547. The first-order chi connectivity index (χ1) is 5.77. The molecule has 0 aromatic carbocycles. The number of rotatable bonds is 2. The number of esters is 1. The van der Waals surface area contributed by atoms with Gasteiger partial charge in [-0.15, -0.1) is 0 Å². The third-order valence-electron chi connectivity index (χ3n) is 1.63. The van der Waals surface area contributed by atoms with E-state index in [1.807, 2.05) is 0 Å². The van der Waals surface area contributed by atoms with Gasteiger partial charge in [0.25, 0.3) is 0 Å². The summed E-state index contributed by atoms with van der Waals surface area (Å²) in [7, 11) is 1.36. The average molecular weight is 168 g/mol. The van der Waals surface area contributed by atoms with Gasteiger partial charge in [-0.1, -0.05) is 0 Å². The maximum absolute atomic E-state index is 11.0. The average Bonchev–Trinajstić information content (AvgIpc) is 2.17. The van der Waals surface area contributed by atoms with Crippen LogP contribution in [0.1, 0.15) is 0 Å². The fourth-order valence-corrected chi connectivity index (χ4v) is 0.972. The maximum Gasteiger partial charge on any atom is 0.337 e. The van der Waals surface area contributed by atoms with E-state index in [9.17, 15) is 4.79 Å². The Balaban J connectivity index is 2.69. The van der Waals surface area contributed by atoms with Gasteiger partial charge < -0.3 is 15.8 Å². The van der Waals surface area contributed by atoms with Crippen LogP contribution < -0.4 is 11.1 Å². The van der Waals surface area contributed by atoms with E-state index in [-0.39, 0.29) is 12.0 Å². The fraction of sp³-hybridized carbons (Fsp3) is 0.375. The summed E-state index contributed by atoms with van der Waals surface area (Å²) in [4.78, 5) is 11.0. The van der Waals surface area contributed by atoms with Crippen LogP contribution in [-0.2, 0) is 9.53 Å². The minimum atomic E-state index is -0.328. The van der Waals surface area contributed by atoms with Gasteiger partial charge in [0.15, 0.2) is 0 Å². The van der Waals surface area contributed by atoms with Crippen LogP contribution in [0.4, 0.5) is 0 Å². The highest BCUT2D eigenvalue weighted by atomic mass is 16.5. The Bertz CT molecular complexity index is 233. The van der Waals surface area contributed by atoms with Gasteiger partial charge >= 0.3 is 5.97 Å². The molecule has 0 bridgehead atoms. The van der Waals surface area contributed by atoms with Crippen LogP contribution in [0, 0.1) is 0 Å². The molecule has 0 unspecified atom stereocenters. The third-order valence-corrected chi connectivity index (χ3v) is 1.63. The molecule has 0 amide bonds. The van der Waals surface area contributed by atoms with Crippen LogP contribution >= 0.6 is 0 Å². The van der Waals surface area contributed by atoms with Crippen molar-refractivity contribution in [2.75, 3.05) is 13.7 Å². The van der Waals surface area contributed by atoms with Crippen molar-refractivity contribution < 1.29 is 9.53 Å². The molecule has 1 atom stereocenters. The molecule has 1 aliphatic rings. The van der Waals surface area contributed by atoms with E-state index in [4.69, 9.17) is 5.73 Å². The number of hydrogen-bond donors (Lipinski definition) is 2. The lowest BCUT2D eigenvalue weighted by atomic mass is 10.1. The zero-order valence-electron chi connectivity index (χ0n) is 6.91. The lowest BCUT2D eigenvalue weighted by molar-refractivity contribution is -0.135. The second-order valence-corrected chi connectivity index (χ2v) is 2.46. The minimum absolute atomic E-state index is 0.0316. The summed E-state index contributed by atoms with van der Waals surface area (Å²) in [5.41, 5.74) is 5.96. The molecule has 0 saturated carbocycles. The smallest absolute Gasteiger partial charge is 0.337 e. The SMILES string of the molecule is COC(=O)C1=C[C@H](CN)NC=C1. The third kappa shape index (κ3) is 1.85. The van der Waals surface area contributed by atoms with E-state index in [1.54, 1.807) is 18.4 Å². The summed E-state index contributed by atoms with van der Waals surface area (Å²) in [6.07, 6.45) is 5.12. The Hall–Kier alpha value is -1.29. The monoisotopic (exact) mass is 168 g/mol. The summed E-state index contributed by atoms with van der Waals surface area (Å²) < 4.78 is 4.56. The van der Waals surface area contributed by atoms with Crippen molar-refractivity contribution in [3.05, 3.63) is 23.9 Å². The molecule has 1 heterocycles. The van der Waals surface area contributed by atoms with Crippen molar-refractivity contribution >= 4 is 5.97 Å². The standard InChI is InChI=1S/C8H12N2O2/c1-12-8(11)6-2-3-10-7(4-6)5-9/h2-4,7,10H,5,9H2,1H3/t7-/m1/s1. The van der Waals surface area contributed by atoms with Crippen molar-refractivity contribution in [1.29, 1.82) is 0 Å². The summed E-state index contributed by atoms with van der Waals surface area (Å²) in [6, 6.07) is 0.0316. The van der Waals surface area contributed by atoms with Crippen molar-refractivity contribution in [1.82, 2.24) is 5.32 Å². The second kappa shape index (κ2) is 3.92. The summed E-state index contributed by atoms with van der Waals surface area (Å²) in [5, 5.41) is 2.99. The summed E-state index contributed by atoms with van der Waals surface area (Å²) >= 11 is 0. The van der Waals surface area contributed by atoms with Crippen molar-refractivity contribution in [3.63, 3.8) is 0 Å². The molecule has 0 aliphatic carbocycles. The van der Waals surface area contributed by atoms with Gasteiger partial charge in [0.1, 0.15) is 0 Å². The first kappa shape index (κ1) is 8.80. The number of carbonyl (C=O) groups is 1. The van der Waals surface area contributed by atoms with Crippen LogP contribution in [0.2, 0.25) is 0 Å². The van der Waals surface area contributed by atoms with Crippen molar-refractivity contribution in [2.45, 2.75) is 6.04 Å². The molecule has 0 aromatic heterocycles. The highest BCUT2D eigenvalue weighted by Gasteiger charge is 2.12. The van der Waals surface area contributed by atoms with Gasteiger partial charge in [-0.05, 0) is 18.4 Å². The number of dihydropyridines is 1.